The van der Waals surface area contributed by atoms with Crippen LogP contribution in [0.5, 0.6) is 0 Å². The van der Waals surface area contributed by atoms with Crippen molar-refractivity contribution >= 4 is 23.2 Å². The SMILES string of the molecule is CC1C(=O)NC(=O)CN1Cc1cc([N+](=O)[O-])ccc1NN. The van der Waals surface area contributed by atoms with Gasteiger partial charge in [0.1, 0.15) is 0 Å². The normalized spacial score (nSPS) is 19.2. The summed E-state index contributed by atoms with van der Waals surface area (Å²) in [7, 11) is 0. The monoisotopic (exact) mass is 293 g/mol. The van der Waals surface area contributed by atoms with Gasteiger partial charge in [0.2, 0.25) is 11.8 Å². The van der Waals surface area contributed by atoms with Crippen LogP contribution in [-0.2, 0) is 16.1 Å². The van der Waals surface area contributed by atoms with E-state index in [0.29, 0.717) is 11.3 Å². The third kappa shape index (κ3) is 3.15. The molecule has 0 aromatic heterocycles. The zero-order valence-corrected chi connectivity index (χ0v) is 11.3. The van der Waals surface area contributed by atoms with Crippen LogP contribution in [0.3, 0.4) is 0 Å². The van der Waals surface area contributed by atoms with Crippen LogP contribution < -0.4 is 16.6 Å². The van der Waals surface area contributed by atoms with Gasteiger partial charge < -0.3 is 5.43 Å². The van der Waals surface area contributed by atoms with Crippen molar-refractivity contribution in [2.24, 2.45) is 5.84 Å². The van der Waals surface area contributed by atoms with Crippen molar-refractivity contribution in [1.29, 1.82) is 0 Å². The third-order valence-corrected chi connectivity index (χ3v) is 3.37. The van der Waals surface area contributed by atoms with Crippen molar-refractivity contribution in [3.63, 3.8) is 0 Å². The van der Waals surface area contributed by atoms with Crippen molar-refractivity contribution in [3.8, 4) is 0 Å². The Balaban J connectivity index is 2.28. The minimum atomic E-state index is -0.513. The first-order chi connectivity index (χ1) is 9.92. The summed E-state index contributed by atoms with van der Waals surface area (Å²) in [4.78, 5) is 35.0. The highest BCUT2D eigenvalue weighted by Crippen LogP contribution is 2.24. The number of carbonyl (C=O) groups is 2. The number of piperazine rings is 1. The second kappa shape index (κ2) is 5.85. The molecular formula is C12H15N5O4. The highest BCUT2D eigenvalue weighted by Gasteiger charge is 2.30. The summed E-state index contributed by atoms with van der Waals surface area (Å²) < 4.78 is 0. The minimum absolute atomic E-state index is 0.0413. The molecular weight excluding hydrogens is 278 g/mol. The van der Waals surface area contributed by atoms with Crippen molar-refractivity contribution in [2.75, 3.05) is 12.0 Å². The molecule has 21 heavy (non-hydrogen) atoms. The topological polar surface area (TPSA) is 131 Å². The van der Waals surface area contributed by atoms with Gasteiger partial charge in [0, 0.05) is 18.7 Å². The maximum atomic E-state index is 11.6. The molecule has 1 aliphatic rings. The van der Waals surface area contributed by atoms with E-state index in [0.717, 1.165) is 0 Å². The van der Waals surface area contributed by atoms with Crippen molar-refractivity contribution < 1.29 is 14.5 Å². The Morgan fingerprint density at radius 2 is 2.24 bits per heavy atom. The summed E-state index contributed by atoms with van der Waals surface area (Å²) in [6.07, 6.45) is 0. The van der Waals surface area contributed by atoms with Crippen molar-refractivity contribution in [2.45, 2.75) is 19.5 Å². The Morgan fingerprint density at radius 3 is 2.86 bits per heavy atom. The highest BCUT2D eigenvalue weighted by atomic mass is 16.6. The summed E-state index contributed by atoms with van der Waals surface area (Å²) in [6.45, 7) is 1.90. The number of rotatable bonds is 4. The van der Waals surface area contributed by atoms with E-state index in [1.807, 2.05) is 0 Å². The number of hydrogen-bond donors (Lipinski definition) is 3. The van der Waals surface area contributed by atoms with Gasteiger partial charge in [-0.05, 0) is 18.6 Å². The van der Waals surface area contributed by atoms with E-state index in [2.05, 4.69) is 10.7 Å². The van der Waals surface area contributed by atoms with Gasteiger partial charge in [-0.1, -0.05) is 0 Å². The molecule has 1 aromatic carbocycles. The van der Waals surface area contributed by atoms with Gasteiger partial charge >= 0.3 is 0 Å². The molecule has 1 saturated heterocycles. The van der Waals surface area contributed by atoms with Crippen molar-refractivity contribution in [3.05, 3.63) is 33.9 Å². The molecule has 0 spiro atoms. The Labute approximate surface area is 120 Å². The Hall–Kier alpha value is -2.52. The fourth-order valence-corrected chi connectivity index (χ4v) is 2.15. The van der Waals surface area contributed by atoms with Crippen LogP contribution in [0.1, 0.15) is 12.5 Å². The number of amides is 2. The smallest absolute Gasteiger partial charge is 0.269 e. The lowest BCUT2D eigenvalue weighted by Gasteiger charge is -2.31. The van der Waals surface area contributed by atoms with E-state index in [-0.39, 0.29) is 24.7 Å². The van der Waals surface area contributed by atoms with Gasteiger partial charge in [0.05, 0.1) is 23.2 Å². The number of hydrazine groups is 1. The minimum Gasteiger partial charge on any atom is -0.324 e. The van der Waals surface area contributed by atoms with Crippen LogP contribution in [0.2, 0.25) is 0 Å². The van der Waals surface area contributed by atoms with Crippen LogP contribution in [0, 0.1) is 10.1 Å². The molecule has 0 radical (unpaired) electrons. The lowest BCUT2D eigenvalue weighted by Crippen LogP contribution is -2.56. The first kappa shape index (κ1) is 14.9. The summed E-state index contributed by atoms with van der Waals surface area (Å²) in [5, 5.41) is 13.1. The van der Waals surface area contributed by atoms with Crippen LogP contribution in [0.4, 0.5) is 11.4 Å². The molecule has 0 aliphatic carbocycles. The molecule has 1 aromatic rings. The van der Waals surface area contributed by atoms with Gasteiger partial charge in [-0.3, -0.25) is 35.8 Å². The number of nitrogen functional groups attached to an aromatic ring is 1. The Morgan fingerprint density at radius 1 is 1.52 bits per heavy atom. The average Bonchev–Trinajstić information content (AvgIpc) is 2.44. The number of nitro benzene ring substituents is 1. The second-order valence-corrected chi connectivity index (χ2v) is 4.74. The van der Waals surface area contributed by atoms with Crippen LogP contribution in [-0.4, -0.2) is 34.2 Å². The average molecular weight is 293 g/mol. The number of anilines is 1. The number of carbonyl (C=O) groups excluding carboxylic acids is 2. The molecule has 112 valence electrons. The second-order valence-electron chi connectivity index (χ2n) is 4.74. The van der Waals surface area contributed by atoms with E-state index >= 15 is 0 Å². The predicted octanol–water partition coefficient (Wildman–Crippen LogP) is -0.273. The lowest BCUT2D eigenvalue weighted by atomic mass is 10.1. The molecule has 1 heterocycles. The number of nitrogens with one attached hydrogen (secondary N) is 2. The molecule has 2 amide bonds. The molecule has 0 saturated carbocycles. The standard InChI is InChI=1S/C12H15N5O4/c1-7-12(19)14-11(18)6-16(7)5-8-4-9(17(20)21)2-3-10(8)15-13/h2-4,7,15H,5-6,13H2,1H3,(H,14,18,19). The van der Waals surface area contributed by atoms with Crippen molar-refractivity contribution in [1.82, 2.24) is 10.2 Å². The maximum absolute atomic E-state index is 11.6. The van der Waals surface area contributed by atoms with Crippen LogP contribution >= 0.6 is 0 Å². The van der Waals surface area contributed by atoms with Gasteiger partial charge in [0.15, 0.2) is 0 Å². The Kier molecular flexibility index (Phi) is 4.15. The van der Waals surface area contributed by atoms with E-state index < -0.39 is 16.9 Å². The van der Waals surface area contributed by atoms with E-state index in [1.54, 1.807) is 11.8 Å². The molecule has 0 bridgehead atoms. The molecule has 9 heteroatoms. The summed E-state index contributed by atoms with van der Waals surface area (Å²) in [5.74, 6) is 4.60. The van der Waals surface area contributed by atoms with E-state index in [1.165, 1.54) is 18.2 Å². The number of nitrogens with zero attached hydrogens (tertiary/aromatic N) is 2. The van der Waals surface area contributed by atoms with Gasteiger partial charge in [0.25, 0.3) is 5.69 Å². The summed E-state index contributed by atoms with van der Waals surface area (Å²) >= 11 is 0. The molecule has 1 aliphatic heterocycles. The van der Waals surface area contributed by atoms with Crippen LogP contribution in [0.15, 0.2) is 18.2 Å². The summed E-state index contributed by atoms with van der Waals surface area (Å²) in [5.41, 5.74) is 3.42. The first-order valence-electron chi connectivity index (χ1n) is 6.24. The van der Waals surface area contributed by atoms with Gasteiger partial charge in [-0.15, -0.1) is 0 Å². The largest absolute Gasteiger partial charge is 0.324 e. The number of benzene rings is 1. The van der Waals surface area contributed by atoms with Gasteiger partial charge in [-0.2, -0.15) is 0 Å². The number of hydrogen-bond acceptors (Lipinski definition) is 7. The zero-order valence-electron chi connectivity index (χ0n) is 11.3. The molecule has 9 nitrogen and oxygen atoms in total. The molecule has 1 atom stereocenters. The number of imide groups is 1. The maximum Gasteiger partial charge on any atom is 0.269 e. The van der Waals surface area contributed by atoms with Gasteiger partial charge in [-0.25, -0.2) is 0 Å². The van der Waals surface area contributed by atoms with Crippen LogP contribution in [0.25, 0.3) is 0 Å². The summed E-state index contributed by atoms with van der Waals surface area (Å²) in [6, 6.07) is 3.69. The molecule has 4 N–H and O–H groups in total. The quantitative estimate of drug-likeness (QED) is 0.301. The third-order valence-electron chi connectivity index (χ3n) is 3.37. The molecule has 1 unspecified atom stereocenters. The number of nitrogens with two attached hydrogens (primary N) is 1. The fourth-order valence-electron chi connectivity index (χ4n) is 2.15. The molecule has 2 rings (SSSR count). The zero-order chi connectivity index (χ0) is 15.6. The fraction of sp³-hybridized carbons (Fsp3) is 0.333. The predicted molar refractivity (Wildman–Crippen MR) is 73.9 cm³/mol. The number of nitro groups is 1. The lowest BCUT2D eigenvalue weighted by molar-refractivity contribution is -0.384. The molecule has 1 fully saturated rings. The van der Waals surface area contributed by atoms with E-state index in [4.69, 9.17) is 5.84 Å². The highest BCUT2D eigenvalue weighted by molar-refractivity contribution is 6.00. The number of non-ortho nitro benzene ring substituents is 1. The first-order valence-corrected chi connectivity index (χ1v) is 6.24. The van der Waals surface area contributed by atoms with E-state index in [9.17, 15) is 19.7 Å². The Bertz CT molecular complexity index is 603.